The predicted molar refractivity (Wildman–Crippen MR) is 121 cm³/mol. The number of aliphatic hydroxyl groups excluding tert-OH is 1. The van der Waals surface area contributed by atoms with Crippen LogP contribution in [0.5, 0.6) is 5.75 Å². The van der Waals surface area contributed by atoms with Crippen molar-refractivity contribution in [3.05, 3.63) is 70.9 Å². The van der Waals surface area contributed by atoms with Crippen LogP contribution in [0.4, 0.5) is 5.69 Å². The lowest BCUT2D eigenvalue weighted by atomic mass is 10.1. The molecule has 0 aliphatic heterocycles. The third-order valence-corrected chi connectivity index (χ3v) is 5.41. The van der Waals surface area contributed by atoms with Crippen LogP contribution in [0, 0.1) is 0 Å². The number of benzene rings is 1. The molecule has 2 aromatic rings. The molecule has 1 heterocycles. The number of allylic oxidation sites excluding steroid dienone is 3. The molecule has 0 radical (unpaired) electrons. The first-order chi connectivity index (χ1) is 14.5. The van der Waals surface area contributed by atoms with Gasteiger partial charge in [0.05, 0.1) is 21.7 Å². The molecule has 8 nitrogen and oxygen atoms in total. The minimum Gasteiger partial charge on any atom is -0.493 e. The number of nitrogens with zero attached hydrogens (tertiary/aromatic N) is 2. The zero-order valence-corrected chi connectivity index (χ0v) is 18.7. The topological polar surface area (TPSA) is 118 Å². The molecule has 0 saturated carbocycles. The second kappa shape index (κ2) is 10.2. The third kappa shape index (κ3) is 6.66. The van der Waals surface area contributed by atoms with Crippen LogP contribution >= 0.6 is 11.6 Å². The minimum absolute atomic E-state index is 0.0286. The van der Waals surface area contributed by atoms with Crippen LogP contribution in [-0.4, -0.2) is 37.1 Å². The van der Waals surface area contributed by atoms with Gasteiger partial charge >= 0.3 is 0 Å². The Bertz CT molecular complexity index is 1140. The van der Waals surface area contributed by atoms with Gasteiger partial charge in [0.1, 0.15) is 11.4 Å². The van der Waals surface area contributed by atoms with Gasteiger partial charge in [-0.2, -0.15) is 0 Å². The van der Waals surface area contributed by atoms with Crippen LogP contribution in [0.1, 0.15) is 31.3 Å². The molecule has 2 N–H and O–H groups in total. The number of nitrogens with one attached hydrogen (secondary N) is 1. The van der Waals surface area contributed by atoms with Gasteiger partial charge in [-0.05, 0) is 69.5 Å². The fraction of sp³-hybridized carbons (Fsp3) is 0.190. The van der Waals surface area contributed by atoms with Crippen LogP contribution in [-0.2, 0) is 10.0 Å². The average molecular weight is 464 g/mol. The van der Waals surface area contributed by atoms with E-state index in [2.05, 4.69) is 21.4 Å². The molecule has 10 heteroatoms. The Morgan fingerprint density at radius 3 is 2.52 bits per heavy atom. The number of Topliss-reactive ketones (excluding diaryl/α,β-unsaturated/α-hetero) is 1. The lowest BCUT2D eigenvalue weighted by Gasteiger charge is -2.13. The Hall–Kier alpha value is -3.17. The molecule has 0 unspecified atom stereocenters. The molecule has 0 aliphatic rings. The summed E-state index contributed by atoms with van der Waals surface area (Å²) in [6, 6.07) is 7.15. The summed E-state index contributed by atoms with van der Waals surface area (Å²) in [4.78, 5) is 20.0. The van der Waals surface area contributed by atoms with Crippen molar-refractivity contribution in [1.29, 1.82) is 0 Å². The Morgan fingerprint density at radius 1 is 1.29 bits per heavy atom. The van der Waals surface area contributed by atoms with Gasteiger partial charge in [0.25, 0.3) is 10.0 Å². The molecule has 164 valence electrons. The van der Waals surface area contributed by atoms with Crippen molar-refractivity contribution in [3.63, 3.8) is 0 Å². The van der Waals surface area contributed by atoms with Gasteiger partial charge in [-0.25, -0.2) is 18.4 Å². The molecule has 0 spiro atoms. The monoisotopic (exact) mass is 463 g/mol. The van der Waals surface area contributed by atoms with E-state index in [1.54, 1.807) is 0 Å². The Kier molecular flexibility index (Phi) is 7.95. The maximum Gasteiger partial charge on any atom is 0.261 e. The molecule has 0 aliphatic carbocycles. The quantitative estimate of drug-likeness (QED) is 0.185. The molecule has 0 fully saturated rings. The van der Waals surface area contributed by atoms with Gasteiger partial charge in [0.15, 0.2) is 0 Å². The van der Waals surface area contributed by atoms with E-state index in [4.69, 9.17) is 16.3 Å². The van der Waals surface area contributed by atoms with E-state index >= 15 is 0 Å². The standard InChI is InChI=1S/C21H22ClN3O5S/c1-13(2)30-16-6-8-17(9-7-16)31(28,29)25-18-11-15(22)12-24-20(18)21(27)14(3)5-10-19(26)23-4/h5-13,25-26H,4H2,1-3H3/b14-5+,19-10+. The predicted octanol–water partition coefficient (Wildman–Crippen LogP) is 4.55. The van der Waals surface area contributed by atoms with Gasteiger partial charge in [-0.1, -0.05) is 11.6 Å². The summed E-state index contributed by atoms with van der Waals surface area (Å²) in [6.45, 7) is 8.36. The van der Waals surface area contributed by atoms with Crippen LogP contribution in [0.25, 0.3) is 0 Å². The van der Waals surface area contributed by atoms with Crippen molar-refractivity contribution in [2.45, 2.75) is 31.8 Å². The minimum atomic E-state index is -4.04. The highest BCUT2D eigenvalue weighted by molar-refractivity contribution is 7.92. The van der Waals surface area contributed by atoms with Crippen LogP contribution in [0.2, 0.25) is 5.02 Å². The van der Waals surface area contributed by atoms with Gasteiger partial charge in [0.2, 0.25) is 11.7 Å². The number of aliphatic imine (C=N–C) groups is 1. The Morgan fingerprint density at radius 2 is 1.94 bits per heavy atom. The zero-order valence-electron chi connectivity index (χ0n) is 17.2. The zero-order chi connectivity index (χ0) is 23.2. The first-order valence-electron chi connectivity index (χ1n) is 9.07. The number of carbonyl (C=O) groups excluding carboxylic acids is 1. The fourth-order valence-corrected chi connectivity index (χ4v) is 3.60. The van der Waals surface area contributed by atoms with Crippen molar-refractivity contribution in [3.8, 4) is 5.75 Å². The number of carbonyl (C=O) groups is 1. The van der Waals surface area contributed by atoms with Crippen molar-refractivity contribution >= 4 is 39.8 Å². The van der Waals surface area contributed by atoms with Gasteiger partial charge in [0, 0.05) is 12.3 Å². The molecule has 31 heavy (non-hydrogen) atoms. The number of rotatable bonds is 9. The first-order valence-corrected chi connectivity index (χ1v) is 10.9. The van der Waals surface area contributed by atoms with E-state index in [1.807, 2.05) is 13.8 Å². The molecule has 2 rings (SSSR count). The summed E-state index contributed by atoms with van der Waals surface area (Å²) >= 11 is 5.96. The number of ketones is 1. The van der Waals surface area contributed by atoms with Crippen LogP contribution in [0.15, 0.2) is 70.0 Å². The first kappa shape index (κ1) is 24.1. The molecular formula is C21H22ClN3O5S. The number of ether oxygens (including phenoxy) is 1. The van der Waals surface area contributed by atoms with E-state index in [0.29, 0.717) is 5.75 Å². The van der Waals surface area contributed by atoms with Crippen molar-refractivity contribution in [2.75, 3.05) is 4.72 Å². The summed E-state index contributed by atoms with van der Waals surface area (Å²) in [6.07, 6.45) is 3.67. The maximum atomic E-state index is 12.8. The van der Waals surface area contributed by atoms with Crippen molar-refractivity contribution in [2.24, 2.45) is 4.99 Å². The number of pyridine rings is 1. The van der Waals surface area contributed by atoms with Crippen LogP contribution < -0.4 is 9.46 Å². The lowest BCUT2D eigenvalue weighted by Crippen LogP contribution is -2.17. The molecular weight excluding hydrogens is 442 g/mol. The Balaban J connectivity index is 2.37. The van der Waals surface area contributed by atoms with Crippen molar-refractivity contribution < 1.29 is 23.1 Å². The van der Waals surface area contributed by atoms with E-state index in [9.17, 15) is 18.3 Å². The smallest absolute Gasteiger partial charge is 0.261 e. The summed E-state index contributed by atoms with van der Waals surface area (Å²) in [7, 11) is -4.04. The number of aliphatic hydroxyl groups is 1. The van der Waals surface area contributed by atoms with E-state index in [-0.39, 0.29) is 38.9 Å². The summed E-state index contributed by atoms with van der Waals surface area (Å²) in [5, 5.41) is 9.48. The highest BCUT2D eigenvalue weighted by atomic mass is 35.5. The second-order valence-electron chi connectivity index (χ2n) is 6.65. The third-order valence-electron chi connectivity index (χ3n) is 3.82. The largest absolute Gasteiger partial charge is 0.493 e. The fourth-order valence-electron chi connectivity index (χ4n) is 2.39. The van der Waals surface area contributed by atoms with Gasteiger partial charge < -0.3 is 9.84 Å². The lowest BCUT2D eigenvalue weighted by molar-refractivity contribution is 0.103. The highest BCUT2D eigenvalue weighted by Gasteiger charge is 2.21. The molecule has 0 amide bonds. The number of halogens is 1. The van der Waals surface area contributed by atoms with Gasteiger partial charge in [-0.3, -0.25) is 9.52 Å². The number of sulfonamides is 1. The van der Waals surface area contributed by atoms with E-state index < -0.39 is 15.8 Å². The number of hydrogen-bond donors (Lipinski definition) is 2. The molecule has 1 aromatic carbocycles. The normalized spacial score (nSPS) is 12.5. The second-order valence-corrected chi connectivity index (χ2v) is 8.77. The number of aromatic nitrogens is 1. The van der Waals surface area contributed by atoms with Crippen LogP contribution in [0.3, 0.4) is 0 Å². The number of hydrogen-bond acceptors (Lipinski definition) is 7. The summed E-state index contributed by atoms with van der Waals surface area (Å²) in [5.74, 6) is -0.412. The molecule has 0 saturated heterocycles. The maximum absolute atomic E-state index is 12.8. The molecule has 0 bridgehead atoms. The molecule has 0 atom stereocenters. The SMILES string of the molecule is C=N/C(O)=C\C=C(/C)C(=O)c1ncc(Cl)cc1NS(=O)(=O)c1ccc(OC(C)C)cc1. The van der Waals surface area contributed by atoms with Crippen molar-refractivity contribution in [1.82, 2.24) is 4.98 Å². The van der Waals surface area contributed by atoms with E-state index in [0.717, 1.165) is 0 Å². The van der Waals surface area contributed by atoms with Gasteiger partial charge in [-0.15, -0.1) is 0 Å². The van der Waals surface area contributed by atoms with E-state index in [1.165, 1.54) is 55.6 Å². The summed E-state index contributed by atoms with van der Waals surface area (Å²) < 4.78 is 33.5. The Labute approximate surface area is 186 Å². The highest BCUT2D eigenvalue weighted by Crippen LogP contribution is 2.25. The summed E-state index contributed by atoms with van der Waals surface area (Å²) in [5.41, 5.74) is -0.0515. The number of anilines is 1. The average Bonchev–Trinajstić information content (AvgIpc) is 2.71. The molecule has 1 aromatic heterocycles.